The predicted octanol–water partition coefficient (Wildman–Crippen LogP) is 1.59. The van der Waals surface area contributed by atoms with Crippen molar-refractivity contribution < 1.29 is 0 Å². The minimum atomic E-state index is 0.641. The van der Waals surface area contributed by atoms with Crippen LogP contribution >= 0.6 is 0 Å². The Morgan fingerprint density at radius 3 is 2.58 bits per heavy atom. The lowest BCUT2D eigenvalue weighted by atomic mass is 10.1. The van der Waals surface area contributed by atoms with Crippen molar-refractivity contribution in [1.82, 2.24) is 0 Å². The number of hydrogen-bond acceptors (Lipinski definition) is 3. The zero-order chi connectivity index (χ0) is 9.14. The van der Waals surface area contributed by atoms with Crippen LogP contribution in [0, 0.1) is 6.92 Å². The van der Waals surface area contributed by atoms with E-state index in [9.17, 15) is 0 Å². The Morgan fingerprint density at radius 1 is 1.33 bits per heavy atom. The fraction of sp³-hybridized carbons (Fsp3) is 0.333. The van der Waals surface area contributed by atoms with Crippen molar-refractivity contribution in [2.75, 3.05) is 23.3 Å². The molecule has 0 atom stereocenters. The maximum Gasteiger partial charge on any atom is 0.0783 e. The van der Waals surface area contributed by atoms with Crippen molar-refractivity contribution in [3.8, 4) is 0 Å². The molecule has 0 heterocycles. The number of nitrogens with one attached hydrogen (secondary N) is 1. The van der Waals surface area contributed by atoms with Crippen LogP contribution in [0.15, 0.2) is 12.1 Å². The third-order valence-corrected chi connectivity index (χ3v) is 1.72. The highest BCUT2D eigenvalue weighted by Gasteiger charge is 2.01. The zero-order valence-corrected chi connectivity index (χ0v) is 7.52. The van der Waals surface area contributed by atoms with Crippen molar-refractivity contribution in [2.24, 2.45) is 0 Å². The molecular formula is C9H15N3. The van der Waals surface area contributed by atoms with Gasteiger partial charge in [-0.1, -0.05) is 0 Å². The summed E-state index contributed by atoms with van der Waals surface area (Å²) in [5, 5.41) is 3.15. The molecule has 0 bridgehead atoms. The maximum absolute atomic E-state index is 5.75. The molecule has 3 heteroatoms. The fourth-order valence-corrected chi connectivity index (χ4v) is 1.16. The van der Waals surface area contributed by atoms with Gasteiger partial charge >= 0.3 is 0 Å². The maximum atomic E-state index is 5.75. The quantitative estimate of drug-likeness (QED) is 0.583. The summed E-state index contributed by atoms with van der Waals surface area (Å²) in [7, 11) is 0. The molecule has 0 aromatic heterocycles. The SMILES string of the molecule is CCNc1cc(C)cc(N)c1N. The molecule has 3 nitrogen and oxygen atoms in total. The molecule has 66 valence electrons. The minimum Gasteiger partial charge on any atom is -0.397 e. The summed E-state index contributed by atoms with van der Waals surface area (Å²) in [6, 6.07) is 3.87. The number of aryl methyl sites for hydroxylation is 1. The van der Waals surface area contributed by atoms with Gasteiger partial charge in [0.15, 0.2) is 0 Å². The van der Waals surface area contributed by atoms with Crippen LogP contribution < -0.4 is 16.8 Å². The molecule has 0 aliphatic carbocycles. The van der Waals surface area contributed by atoms with Crippen molar-refractivity contribution >= 4 is 17.1 Å². The summed E-state index contributed by atoms with van der Waals surface area (Å²) < 4.78 is 0. The summed E-state index contributed by atoms with van der Waals surface area (Å²) >= 11 is 0. The standard InChI is InChI=1S/C9H15N3/c1-3-12-8-5-6(2)4-7(10)9(8)11/h4-5,12H,3,10-11H2,1-2H3. The average Bonchev–Trinajstić information content (AvgIpc) is 2.00. The van der Waals surface area contributed by atoms with Crippen molar-refractivity contribution in [2.45, 2.75) is 13.8 Å². The molecule has 12 heavy (non-hydrogen) atoms. The molecule has 0 saturated heterocycles. The number of hydrogen-bond donors (Lipinski definition) is 3. The molecule has 0 spiro atoms. The molecular weight excluding hydrogens is 150 g/mol. The highest BCUT2D eigenvalue weighted by atomic mass is 14.9. The van der Waals surface area contributed by atoms with Gasteiger partial charge in [-0.05, 0) is 31.5 Å². The molecule has 0 amide bonds. The van der Waals surface area contributed by atoms with E-state index >= 15 is 0 Å². The van der Waals surface area contributed by atoms with E-state index in [1.807, 2.05) is 26.0 Å². The highest BCUT2D eigenvalue weighted by Crippen LogP contribution is 2.26. The van der Waals surface area contributed by atoms with E-state index < -0.39 is 0 Å². The van der Waals surface area contributed by atoms with Crippen LogP contribution in [0.3, 0.4) is 0 Å². The molecule has 1 aromatic rings. The lowest BCUT2D eigenvalue weighted by Crippen LogP contribution is -2.04. The molecule has 0 saturated carbocycles. The number of nitrogen functional groups attached to an aromatic ring is 2. The second-order valence-corrected chi connectivity index (χ2v) is 2.85. The number of anilines is 3. The molecule has 0 aliphatic rings. The average molecular weight is 165 g/mol. The van der Waals surface area contributed by atoms with Crippen molar-refractivity contribution in [1.29, 1.82) is 0 Å². The Bertz CT molecular complexity index is 281. The van der Waals surface area contributed by atoms with Gasteiger partial charge in [0.05, 0.1) is 17.1 Å². The van der Waals surface area contributed by atoms with Crippen LogP contribution in [-0.4, -0.2) is 6.54 Å². The van der Waals surface area contributed by atoms with Crippen LogP contribution in [0.4, 0.5) is 17.1 Å². The van der Waals surface area contributed by atoms with E-state index in [0.717, 1.165) is 17.8 Å². The minimum absolute atomic E-state index is 0.641. The Balaban J connectivity index is 3.09. The van der Waals surface area contributed by atoms with Gasteiger partial charge < -0.3 is 16.8 Å². The van der Waals surface area contributed by atoms with Gasteiger partial charge in [-0.25, -0.2) is 0 Å². The predicted molar refractivity (Wildman–Crippen MR) is 54.2 cm³/mol. The van der Waals surface area contributed by atoms with E-state index in [0.29, 0.717) is 11.4 Å². The topological polar surface area (TPSA) is 64.1 Å². The van der Waals surface area contributed by atoms with Crippen LogP contribution in [0.2, 0.25) is 0 Å². The molecule has 0 fully saturated rings. The fourth-order valence-electron chi connectivity index (χ4n) is 1.16. The Morgan fingerprint density at radius 2 is 2.00 bits per heavy atom. The smallest absolute Gasteiger partial charge is 0.0783 e. The first-order valence-electron chi connectivity index (χ1n) is 4.04. The van der Waals surface area contributed by atoms with E-state index in [1.54, 1.807) is 0 Å². The van der Waals surface area contributed by atoms with Crippen LogP contribution in [0.1, 0.15) is 12.5 Å². The van der Waals surface area contributed by atoms with Crippen LogP contribution in [0.25, 0.3) is 0 Å². The zero-order valence-electron chi connectivity index (χ0n) is 7.52. The molecule has 0 aliphatic heterocycles. The largest absolute Gasteiger partial charge is 0.397 e. The number of benzene rings is 1. The van der Waals surface area contributed by atoms with Crippen LogP contribution in [-0.2, 0) is 0 Å². The van der Waals surface area contributed by atoms with Gasteiger partial charge in [0.1, 0.15) is 0 Å². The van der Waals surface area contributed by atoms with E-state index in [2.05, 4.69) is 5.32 Å². The Kier molecular flexibility index (Phi) is 2.43. The van der Waals surface area contributed by atoms with Crippen molar-refractivity contribution in [3.63, 3.8) is 0 Å². The van der Waals surface area contributed by atoms with Crippen molar-refractivity contribution in [3.05, 3.63) is 17.7 Å². The third kappa shape index (κ3) is 1.61. The second kappa shape index (κ2) is 3.34. The lowest BCUT2D eigenvalue weighted by Gasteiger charge is -2.10. The van der Waals surface area contributed by atoms with Gasteiger partial charge in [-0.15, -0.1) is 0 Å². The third-order valence-electron chi connectivity index (χ3n) is 1.72. The first kappa shape index (κ1) is 8.71. The molecule has 0 unspecified atom stereocenters. The summed E-state index contributed by atoms with van der Waals surface area (Å²) in [4.78, 5) is 0. The van der Waals surface area contributed by atoms with Gasteiger partial charge in [0.25, 0.3) is 0 Å². The number of rotatable bonds is 2. The Hall–Kier alpha value is -1.38. The van der Waals surface area contributed by atoms with E-state index in [1.165, 1.54) is 0 Å². The second-order valence-electron chi connectivity index (χ2n) is 2.85. The van der Waals surface area contributed by atoms with E-state index in [-0.39, 0.29) is 0 Å². The molecule has 0 radical (unpaired) electrons. The van der Waals surface area contributed by atoms with Gasteiger partial charge in [0, 0.05) is 6.54 Å². The number of nitrogens with two attached hydrogens (primary N) is 2. The van der Waals surface area contributed by atoms with Crippen LogP contribution in [0.5, 0.6) is 0 Å². The Labute approximate surface area is 72.8 Å². The summed E-state index contributed by atoms with van der Waals surface area (Å²) in [5.41, 5.74) is 14.8. The van der Waals surface area contributed by atoms with Gasteiger partial charge in [0.2, 0.25) is 0 Å². The monoisotopic (exact) mass is 165 g/mol. The highest BCUT2D eigenvalue weighted by molar-refractivity contribution is 5.79. The molecule has 5 N–H and O–H groups in total. The lowest BCUT2D eigenvalue weighted by molar-refractivity contribution is 1.21. The molecule has 1 rings (SSSR count). The van der Waals surface area contributed by atoms with Gasteiger partial charge in [-0.3, -0.25) is 0 Å². The normalized spacial score (nSPS) is 9.83. The summed E-state index contributed by atoms with van der Waals surface area (Å²) in [6.07, 6.45) is 0. The summed E-state index contributed by atoms with van der Waals surface area (Å²) in [5.74, 6) is 0. The first-order chi connectivity index (χ1) is 5.65. The molecule has 1 aromatic carbocycles. The van der Waals surface area contributed by atoms with E-state index in [4.69, 9.17) is 11.5 Å². The van der Waals surface area contributed by atoms with Gasteiger partial charge in [-0.2, -0.15) is 0 Å². The first-order valence-corrected chi connectivity index (χ1v) is 4.04. The summed E-state index contributed by atoms with van der Waals surface area (Å²) in [6.45, 7) is 4.88.